The summed E-state index contributed by atoms with van der Waals surface area (Å²) in [6, 6.07) is 12.8. The summed E-state index contributed by atoms with van der Waals surface area (Å²) in [6.07, 6.45) is 0.771. The summed E-state index contributed by atoms with van der Waals surface area (Å²) in [5, 5.41) is 4.25. The van der Waals surface area contributed by atoms with Crippen LogP contribution < -0.4 is 5.32 Å². The summed E-state index contributed by atoms with van der Waals surface area (Å²) in [4.78, 5) is 12.0. The topological polar surface area (TPSA) is 29.1 Å². The third kappa shape index (κ3) is 4.36. The molecule has 0 heterocycles. The fourth-order valence-electron chi connectivity index (χ4n) is 1.74. The van der Waals surface area contributed by atoms with Gasteiger partial charge in [-0.3, -0.25) is 4.79 Å². The molecule has 0 unspecified atom stereocenters. The minimum atomic E-state index is -0.0833. The molecule has 0 saturated heterocycles. The van der Waals surface area contributed by atoms with Crippen molar-refractivity contribution < 1.29 is 4.79 Å². The van der Waals surface area contributed by atoms with Gasteiger partial charge in [-0.2, -0.15) is 0 Å². The van der Waals surface area contributed by atoms with E-state index in [1.165, 1.54) is 0 Å². The minimum absolute atomic E-state index is 0.0833. The van der Waals surface area contributed by atoms with Crippen molar-refractivity contribution >= 4 is 51.7 Å². The fourth-order valence-corrected chi connectivity index (χ4v) is 2.98. The Morgan fingerprint density at radius 3 is 2.35 bits per heavy atom. The van der Waals surface area contributed by atoms with E-state index in [-0.39, 0.29) is 5.91 Å². The SMILES string of the molecule is O=C(NCCc1ccc(Cl)cc1)c1ccc(Cl)cc1I. The maximum absolute atomic E-state index is 12.0. The average molecular weight is 420 g/mol. The van der Waals surface area contributed by atoms with Crippen LogP contribution in [-0.4, -0.2) is 12.5 Å². The second kappa shape index (κ2) is 7.29. The number of hydrogen-bond donors (Lipinski definition) is 1. The highest BCUT2D eigenvalue weighted by Gasteiger charge is 2.09. The number of carbonyl (C=O) groups excluding carboxylic acids is 1. The molecular formula is C15H12Cl2INO. The largest absolute Gasteiger partial charge is 0.352 e. The predicted octanol–water partition coefficient (Wildman–Crippen LogP) is 4.57. The lowest BCUT2D eigenvalue weighted by molar-refractivity contribution is 0.0953. The summed E-state index contributed by atoms with van der Waals surface area (Å²) in [5.74, 6) is -0.0833. The van der Waals surface area contributed by atoms with Gasteiger partial charge < -0.3 is 5.32 Å². The van der Waals surface area contributed by atoms with E-state index >= 15 is 0 Å². The van der Waals surface area contributed by atoms with Gasteiger partial charge in [-0.25, -0.2) is 0 Å². The van der Waals surface area contributed by atoms with Crippen molar-refractivity contribution in [1.29, 1.82) is 0 Å². The first-order chi connectivity index (χ1) is 9.56. The first-order valence-electron chi connectivity index (χ1n) is 6.04. The van der Waals surface area contributed by atoms with Gasteiger partial charge in [0.15, 0.2) is 0 Å². The van der Waals surface area contributed by atoms with E-state index in [0.717, 1.165) is 15.6 Å². The minimum Gasteiger partial charge on any atom is -0.352 e. The predicted molar refractivity (Wildman–Crippen MR) is 91.7 cm³/mol. The van der Waals surface area contributed by atoms with E-state index in [1.54, 1.807) is 18.2 Å². The van der Waals surface area contributed by atoms with Gasteiger partial charge in [0.2, 0.25) is 0 Å². The van der Waals surface area contributed by atoms with Gasteiger partial charge >= 0.3 is 0 Å². The molecule has 5 heteroatoms. The molecule has 2 aromatic carbocycles. The summed E-state index contributed by atoms with van der Waals surface area (Å²) >= 11 is 13.8. The maximum atomic E-state index is 12.0. The maximum Gasteiger partial charge on any atom is 0.252 e. The highest BCUT2D eigenvalue weighted by molar-refractivity contribution is 14.1. The summed E-state index contributed by atoms with van der Waals surface area (Å²) in [7, 11) is 0. The zero-order valence-electron chi connectivity index (χ0n) is 10.5. The first kappa shape index (κ1) is 15.6. The van der Waals surface area contributed by atoms with Crippen molar-refractivity contribution in [2.45, 2.75) is 6.42 Å². The Hall–Kier alpha value is -0.780. The van der Waals surface area contributed by atoms with E-state index in [4.69, 9.17) is 23.2 Å². The van der Waals surface area contributed by atoms with E-state index in [2.05, 4.69) is 27.9 Å². The highest BCUT2D eigenvalue weighted by Crippen LogP contribution is 2.18. The molecule has 0 aliphatic rings. The van der Waals surface area contributed by atoms with E-state index < -0.39 is 0 Å². The Bertz CT molecular complexity index is 614. The third-order valence-electron chi connectivity index (χ3n) is 2.79. The van der Waals surface area contributed by atoms with Crippen LogP contribution in [0.2, 0.25) is 10.0 Å². The second-order valence-corrected chi connectivity index (χ2v) is 6.29. The van der Waals surface area contributed by atoms with Gasteiger partial charge in [-0.1, -0.05) is 35.3 Å². The number of benzene rings is 2. The standard InChI is InChI=1S/C15H12Cl2INO/c16-11-3-1-10(2-4-11)7-8-19-15(20)13-6-5-12(17)9-14(13)18/h1-6,9H,7-8H2,(H,19,20). The van der Waals surface area contributed by atoms with Gasteiger partial charge in [0.1, 0.15) is 0 Å². The molecule has 2 rings (SSSR count). The Kier molecular flexibility index (Phi) is 5.69. The molecule has 0 atom stereocenters. The van der Waals surface area contributed by atoms with Crippen molar-refractivity contribution in [3.63, 3.8) is 0 Å². The van der Waals surface area contributed by atoms with E-state index in [0.29, 0.717) is 22.2 Å². The molecule has 0 aliphatic heterocycles. The molecule has 1 amide bonds. The number of nitrogens with one attached hydrogen (secondary N) is 1. The third-order valence-corrected chi connectivity index (χ3v) is 4.17. The summed E-state index contributed by atoms with van der Waals surface area (Å²) < 4.78 is 0.846. The van der Waals surface area contributed by atoms with Crippen LogP contribution in [0.15, 0.2) is 42.5 Å². The molecule has 0 radical (unpaired) electrons. The highest BCUT2D eigenvalue weighted by atomic mass is 127. The monoisotopic (exact) mass is 419 g/mol. The normalized spacial score (nSPS) is 10.3. The van der Waals surface area contributed by atoms with Crippen molar-refractivity contribution in [2.24, 2.45) is 0 Å². The van der Waals surface area contributed by atoms with Crippen LogP contribution in [0.1, 0.15) is 15.9 Å². The smallest absolute Gasteiger partial charge is 0.252 e. The van der Waals surface area contributed by atoms with Crippen molar-refractivity contribution in [3.05, 3.63) is 67.2 Å². The van der Waals surface area contributed by atoms with Gasteiger partial charge in [0, 0.05) is 20.2 Å². The molecule has 0 saturated carbocycles. The zero-order valence-corrected chi connectivity index (χ0v) is 14.2. The Morgan fingerprint density at radius 2 is 1.70 bits per heavy atom. The van der Waals surface area contributed by atoms with Gasteiger partial charge in [0.05, 0.1) is 5.56 Å². The van der Waals surface area contributed by atoms with Crippen molar-refractivity contribution in [2.75, 3.05) is 6.54 Å². The van der Waals surface area contributed by atoms with Crippen LogP contribution in [0, 0.1) is 3.57 Å². The molecule has 2 aromatic rings. The van der Waals surface area contributed by atoms with Crippen LogP contribution in [-0.2, 0) is 6.42 Å². The molecule has 2 nitrogen and oxygen atoms in total. The molecule has 20 heavy (non-hydrogen) atoms. The van der Waals surface area contributed by atoms with Crippen LogP contribution in [0.5, 0.6) is 0 Å². The lowest BCUT2D eigenvalue weighted by Crippen LogP contribution is -2.26. The van der Waals surface area contributed by atoms with Crippen LogP contribution in [0.4, 0.5) is 0 Å². The summed E-state index contributed by atoms with van der Waals surface area (Å²) in [5.41, 5.74) is 1.78. The molecule has 0 fully saturated rings. The fraction of sp³-hybridized carbons (Fsp3) is 0.133. The van der Waals surface area contributed by atoms with Crippen LogP contribution >= 0.6 is 45.8 Å². The first-order valence-corrected chi connectivity index (χ1v) is 7.87. The number of amides is 1. The Morgan fingerprint density at radius 1 is 1.05 bits per heavy atom. The molecule has 0 bridgehead atoms. The van der Waals surface area contributed by atoms with Crippen LogP contribution in [0.25, 0.3) is 0 Å². The Balaban J connectivity index is 1.90. The van der Waals surface area contributed by atoms with Gasteiger partial charge in [-0.15, -0.1) is 0 Å². The van der Waals surface area contributed by atoms with Gasteiger partial charge in [0.25, 0.3) is 5.91 Å². The molecule has 0 spiro atoms. The lowest BCUT2D eigenvalue weighted by Gasteiger charge is -2.07. The zero-order chi connectivity index (χ0) is 14.5. The molecule has 104 valence electrons. The second-order valence-electron chi connectivity index (χ2n) is 4.26. The molecular weight excluding hydrogens is 408 g/mol. The van der Waals surface area contributed by atoms with Crippen molar-refractivity contribution in [1.82, 2.24) is 5.32 Å². The van der Waals surface area contributed by atoms with Crippen molar-refractivity contribution in [3.8, 4) is 0 Å². The van der Waals surface area contributed by atoms with E-state index in [1.807, 2.05) is 24.3 Å². The van der Waals surface area contributed by atoms with Gasteiger partial charge in [-0.05, 0) is 64.9 Å². The Labute approximate surface area is 141 Å². The lowest BCUT2D eigenvalue weighted by atomic mass is 10.1. The van der Waals surface area contributed by atoms with Crippen LogP contribution in [0.3, 0.4) is 0 Å². The quantitative estimate of drug-likeness (QED) is 0.722. The van der Waals surface area contributed by atoms with E-state index in [9.17, 15) is 4.79 Å². The number of hydrogen-bond acceptors (Lipinski definition) is 1. The molecule has 0 aromatic heterocycles. The summed E-state index contributed by atoms with van der Waals surface area (Å²) in [6.45, 7) is 0.583. The average Bonchev–Trinajstić information content (AvgIpc) is 2.41. The number of halogens is 3. The molecule has 0 aliphatic carbocycles. The number of carbonyl (C=O) groups is 1. The number of rotatable bonds is 4. The molecule has 1 N–H and O–H groups in total.